The maximum absolute atomic E-state index is 11.4. The zero-order valence-corrected chi connectivity index (χ0v) is 12.8. The summed E-state index contributed by atoms with van der Waals surface area (Å²) in [7, 11) is 0. The number of hydrogen-bond donors (Lipinski definition) is 0. The summed E-state index contributed by atoms with van der Waals surface area (Å²) in [4.78, 5) is 22.7. The van der Waals surface area contributed by atoms with Gasteiger partial charge in [0.05, 0.1) is 12.2 Å². The van der Waals surface area contributed by atoms with Crippen LogP contribution >= 0.6 is 11.6 Å². The van der Waals surface area contributed by atoms with Gasteiger partial charge in [-0.25, -0.2) is 4.79 Å². The summed E-state index contributed by atoms with van der Waals surface area (Å²) in [5, 5.41) is -0.657. The highest BCUT2D eigenvalue weighted by Crippen LogP contribution is 2.32. The quantitative estimate of drug-likeness (QED) is 0.226. The van der Waals surface area contributed by atoms with Crippen LogP contribution in [0.5, 0.6) is 11.5 Å². The first-order valence-electron chi connectivity index (χ1n) is 6.90. The monoisotopic (exact) mass is 310 g/mol. The number of esters is 1. The fourth-order valence-corrected chi connectivity index (χ4v) is 1.90. The number of benzene rings is 1. The number of hydrogen-bond acceptors (Lipinski definition) is 4. The van der Waals surface area contributed by atoms with Gasteiger partial charge in [0.25, 0.3) is 5.24 Å². The zero-order chi connectivity index (χ0) is 15.7. The SMILES string of the molecule is C=CC(=O)Oc1cccc(C(=O)Cl)c1OCCCCCC. The Morgan fingerprint density at radius 1 is 1.29 bits per heavy atom. The van der Waals surface area contributed by atoms with Gasteiger partial charge in [-0.2, -0.15) is 0 Å². The lowest BCUT2D eigenvalue weighted by atomic mass is 10.2. The minimum atomic E-state index is -0.657. The summed E-state index contributed by atoms with van der Waals surface area (Å²) in [6.07, 6.45) is 5.18. The lowest BCUT2D eigenvalue weighted by molar-refractivity contribution is -0.129. The third-order valence-corrected chi connectivity index (χ3v) is 3.02. The Bertz CT molecular complexity index is 511. The fourth-order valence-electron chi connectivity index (χ4n) is 1.75. The third-order valence-electron chi connectivity index (χ3n) is 2.81. The van der Waals surface area contributed by atoms with E-state index in [4.69, 9.17) is 21.1 Å². The summed E-state index contributed by atoms with van der Waals surface area (Å²) in [5.41, 5.74) is 0.182. The summed E-state index contributed by atoms with van der Waals surface area (Å²) >= 11 is 5.53. The van der Waals surface area contributed by atoms with Gasteiger partial charge in [0, 0.05) is 6.08 Å². The molecule has 0 atom stereocenters. The highest BCUT2D eigenvalue weighted by atomic mass is 35.5. The topological polar surface area (TPSA) is 52.6 Å². The maximum Gasteiger partial charge on any atom is 0.335 e. The molecular formula is C16H19ClO4. The number of unbranched alkanes of at least 4 members (excludes halogenated alkanes) is 3. The van der Waals surface area contributed by atoms with Crippen molar-refractivity contribution in [1.82, 2.24) is 0 Å². The normalized spacial score (nSPS) is 10.0. The van der Waals surface area contributed by atoms with Crippen molar-refractivity contribution in [2.24, 2.45) is 0 Å². The molecule has 0 saturated heterocycles. The third kappa shape index (κ3) is 5.60. The van der Waals surface area contributed by atoms with Crippen LogP contribution in [-0.4, -0.2) is 17.8 Å². The highest BCUT2D eigenvalue weighted by Gasteiger charge is 2.17. The van der Waals surface area contributed by atoms with Crippen molar-refractivity contribution < 1.29 is 19.1 Å². The van der Waals surface area contributed by atoms with E-state index in [1.165, 1.54) is 6.07 Å². The molecule has 0 heterocycles. The van der Waals surface area contributed by atoms with Crippen molar-refractivity contribution in [3.8, 4) is 11.5 Å². The maximum atomic E-state index is 11.4. The first-order chi connectivity index (χ1) is 10.1. The first-order valence-corrected chi connectivity index (χ1v) is 7.27. The molecule has 0 amide bonds. The molecule has 0 fully saturated rings. The van der Waals surface area contributed by atoms with E-state index < -0.39 is 11.2 Å². The van der Waals surface area contributed by atoms with Crippen molar-refractivity contribution in [3.63, 3.8) is 0 Å². The van der Waals surface area contributed by atoms with Crippen LogP contribution in [0.1, 0.15) is 43.0 Å². The van der Waals surface area contributed by atoms with Gasteiger partial charge in [0.1, 0.15) is 0 Å². The van der Waals surface area contributed by atoms with E-state index in [1.54, 1.807) is 12.1 Å². The largest absolute Gasteiger partial charge is 0.489 e. The van der Waals surface area contributed by atoms with Crippen LogP contribution in [0.4, 0.5) is 0 Å². The molecule has 1 aromatic rings. The van der Waals surface area contributed by atoms with Crippen molar-refractivity contribution in [1.29, 1.82) is 0 Å². The minimum Gasteiger partial charge on any atom is -0.489 e. The lowest BCUT2D eigenvalue weighted by Crippen LogP contribution is -2.08. The molecule has 1 rings (SSSR count). The van der Waals surface area contributed by atoms with E-state index in [0.29, 0.717) is 6.61 Å². The van der Waals surface area contributed by atoms with Crippen LogP contribution in [0.25, 0.3) is 0 Å². The molecule has 0 spiro atoms. The Balaban J connectivity index is 2.86. The van der Waals surface area contributed by atoms with Gasteiger partial charge in [-0.05, 0) is 30.2 Å². The molecule has 0 N–H and O–H groups in total. The molecule has 1 aromatic carbocycles. The van der Waals surface area contributed by atoms with E-state index >= 15 is 0 Å². The Morgan fingerprint density at radius 2 is 2.05 bits per heavy atom. The molecule has 5 heteroatoms. The van der Waals surface area contributed by atoms with Crippen molar-refractivity contribution >= 4 is 22.8 Å². The minimum absolute atomic E-state index is 0.168. The van der Waals surface area contributed by atoms with Crippen LogP contribution in [0.15, 0.2) is 30.9 Å². The van der Waals surface area contributed by atoms with Crippen LogP contribution in [0.2, 0.25) is 0 Å². The molecule has 21 heavy (non-hydrogen) atoms. The highest BCUT2D eigenvalue weighted by molar-refractivity contribution is 6.68. The predicted octanol–water partition coefficient (Wildman–Crippen LogP) is 4.12. The van der Waals surface area contributed by atoms with Crippen molar-refractivity contribution in [2.45, 2.75) is 32.6 Å². The van der Waals surface area contributed by atoms with Crippen LogP contribution < -0.4 is 9.47 Å². The van der Waals surface area contributed by atoms with Gasteiger partial charge in [-0.3, -0.25) is 4.79 Å². The van der Waals surface area contributed by atoms with Crippen molar-refractivity contribution in [2.75, 3.05) is 6.61 Å². The van der Waals surface area contributed by atoms with E-state index in [2.05, 4.69) is 13.5 Å². The average Bonchev–Trinajstić information content (AvgIpc) is 2.47. The van der Waals surface area contributed by atoms with Crippen LogP contribution in [0.3, 0.4) is 0 Å². The van der Waals surface area contributed by atoms with Gasteiger partial charge in [0.15, 0.2) is 11.5 Å². The smallest absolute Gasteiger partial charge is 0.335 e. The average molecular weight is 311 g/mol. The van der Waals surface area contributed by atoms with Crippen LogP contribution in [0, 0.1) is 0 Å². The number of carbonyl (C=O) groups excluding carboxylic acids is 2. The summed E-state index contributed by atoms with van der Waals surface area (Å²) < 4.78 is 10.7. The molecule has 0 saturated carbocycles. The second kappa shape index (κ2) is 9.19. The van der Waals surface area contributed by atoms with Gasteiger partial charge < -0.3 is 9.47 Å². The number of halogens is 1. The van der Waals surface area contributed by atoms with E-state index in [9.17, 15) is 9.59 Å². The standard InChI is InChI=1S/C16H19ClO4/c1-3-5-6-7-11-20-15-12(16(17)19)9-8-10-13(15)21-14(18)4-2/h4,8-10H,2-3,5-7,11H2,1H3. The van der Waals surface area contributed by atoms with E-state index in [0.717, 1.165) is 31.8 Å². The van der Waals surface area contributed by atoms with Gasteiger partial charge in [0.2, 0.25) is 0 Å². The summed E-state index contributed by atoms with van der Waals surface area (Å²) in [6.45, 7) is 5.88. The van der Waals surface area contributed by atoms with E-state index in [1.807, 2.05) is 0 Å². The number of ether oxygens (including phenoxy) is 2. The Hall–Kier alpha value is -1.81. The first kappa shape index (κ1) is 17.2. The zero-order valence-electron chi connectivity index (χ0n) is 12.1. The Labute approximate surface area is 129 Å². The number of carbonyl (C=O) groups is 2. The second-order valence-corrected chi connectivity index (χ2v) is 4.78. The van der Waals surface area contributed by atoms with Gasteiger partial charge in [-0.1, -0.05) is 38.8 Å². The predicted molar refractivity (Wildman–Crippen MR) is 82.1 cm³/mol. The van der Waals surface area contributed by atoms with E-state index in [-0.39, 0.29) is 17.1 Å². The molecule has 0 aliphatic carbocycles. The molecule has 0 unspecified atom stereocenters. The Kier molecular flexibility index (Phi) is 7.54. The van der Waals surface area contributed by atoms with Gasteiger partial charge in [-0.15, -0.1) is 0 Å². The molecule has 0 radical (unpaired) electrons. The summed E-state index contributed by atoms with van der Waals surface area (Å²) in [5.74, 6) is -0.254. The number of rotatable bonds is 9. The van der Waals surface area contributed by atoms with Crippen molar-refractivity contribution in [3.05, 3.63) is 36.4 Å². The fraction of sp³-hybridized carbons (Fsp3) is 0.375. The van der Waals surface area contributed by atoms with Crippen LogP contribution in [-0.2, 0) is 4.79 Å². The lowest BCUT2D eigenvalue weighted by Gasteiger charge is -2.13. The molecule has 4 nitrogen and oxygen atoms in total. The summed E-state index contributed by atoms with van der Waals surface area (Å²) in [6, 6.07) is 4.65. The molecular weight excluding hydrogens is 292 g/mol. The Morgan fingerprint density at radius 3 is 2.67 bits per heavy atom. The second-order valence-electron chi connectivity index (χ2n) is 4.44. The molecule has 114 valence electrons. The van der Waals surface area contributed by atoms with Gasteiger partial charge >= 0.3 is 5.97 Å². The molecule has 0 aromatic heterocycles. The molecule has 0 aliphatic heterocycles. The molecule has 0 bridgehead atoms. The molecule has 0 aliphatic rings. The number of para-hydroxylation sites is 1.